The van der Waals surface area contributed by atoms with E-state index < -0.39 is 0 Å². The first-order valence-electron chi connectivity index (χ1n) is 6.65. The smallest absolute Gasteiger partial charge is 0.0582 e. The highest BCUT2D eigenvalue weighted by Gasteiger charge is 2.25. The first kappa shape index (κ1) is 11.5. The zero-order chi connectivity index (χ0) is 12.5. The van der Waals surface area contributed by atoms with Gasteiger partial charge in [0.15, 0.2) is 0 Å². The molecule has 1 nitrogen and oxygen atoms in total. The van der Waals surface area contributed by atoms with E-state index in [9.17, 15) is 0 Å². The molecule has 1 N–H and O–H groups in total. The molecule has 2 aromatic rings. The van der Waals surface area contributed by atoms with Crippen molar-refractivity contribution in [1.82, 2.24) is 5.32 Å². The largest absolute Gasteiger partial charge is 0.306 e. The minimum absolute atomic E-state index is 0.346. The summed E-state index contributed by atoms with van der Waals surface area (Å²) in [6.07, 6.45) is 0. The number of aryl methyl sites for hydroxylation is 1. The highest BCUT2D eigenvalue weighted by atomic mass is 14.9. The van der Waals surface area contributed by atoms with E-state index in [0.29, 0.717) is 12.0 Å². The van der Waals surface area contributed by atoms with Crippen molar-refractivity contribution < 1.29 is 0 Å². The second-order valence-corrected chi connectivity index (χ2v) is 5.23. The topological polar surface area (TPSA) is 12.0 Å². The van der Waals surface area contributed by atoms with Gasteiger partial charge in [0.05, 0.1) is 6.04 Å². The third kappa shape index (κ3) is 1.85. The zero-order valence-electron chi connectivity index (χ0n) is 11.0. The van der Waals surface area contributed by atoms with Gasteiger partial charge < -0.3 is 5.32 Å². The maximum Gasteiger partial charge on any atom is 0.0582 e. The summed E-state index contributed by atoms with van der Waals surface area (Å²) in [7, 11) is 0. The Morgan fingerprint density at radius 2 is 1.50 bits per heavy atom. The van der Waals surface area contributed by atoms with Crippen LogP contribution in [0.1, 0.15) is 41.1 Å². The molecule has 0 aromatic heterocycles. The number of fused-ring (bicyclic) bond motifs is 1. The number of hydrogen-bond donors (Lipinski definition) is 1. The van der Waals surface area contributed by atoms with E-state index in [1.807, 2.05) is 0 Å². The van der Waals surface area contributed by atoms with Gasteiger partial charge in [0.25, 0.3) is 0 Å². The molecule has 2 atom stereocenters. The van der Waals surface area contributed by atoms with Crippen molar-refractivity contribution in [3.05, 3.63) is 70.8 Å². The van der Waals surface area contributed by atoms with Crippen LogP contribution in [0.15, 0.2) is 48.5 Å². The average Bonchev–Trinajstić information content (AvgIpc) is 2.41. The summed E-state index contributed by atoms with van der Waals surface area (Å²) in [6.45, 7) is 5.54. The van der Waals surface area contributed by atoms with Crippen LogP contribution in [0.5, 0.6) is 0 Å². The van der Waals surface area contributed by atoms with Gasteiger partial charge in [-0.05, 0) is 35.1 Å². The molecule has 2 aromatic carbocycles. The molecule has 2 unspecified atom stereocenters. The predicted octanol–water partition coefficient (Wildman–Crippen LogP) is 3.79. The fourth-order valence-corrected chi connectivity index (χ4v) is 2.93. The lowest BCUT2D eigenvalue weighted by Gasteiger charge is -2.32. The average molecular weight is 237 g/mol. The van der Waals surface area contributed by atoms with Crippen LogP contribution in [-0.2, 0) is 0 Å². The minimum Gasteiger partial charge on any atom is -0.306 e. The van der Waals surface area contributed by atoms with Crippen LogP contribution < -0.4 is 5.32 Å². The van der Waals surface area contributed by atoms with Gasteiger partial charge in [-0.2, -0.15) is 0 Å². The van der Waals surface area contributed by atoms with Crippen LogP contribution in [0.2, 0.25) is 0 Å². The Morgan fingerprint density at radius 1 is 0.889 bits per heavy atom. The minimum atomic E-state index is 0.346. The molecule has 1 aliphatic rings. The second-order valence-electron chi connectivity index (χ2n) is 5.23. The molecule has 1 heteroatoms. The normalized spacial score (nSPS) is 22.6. The predicted molar refractivity (Wildman–Crippen MR) is 75.9 cm³/mol. The molecule has 92 valence electrons. The maximum atomic E-state index is 3.68. The lowest BCUT2D eigenvalue weighted by atomic mass is 9.84. The fourth-order valence-electron chi connectivity index (χ4n) is 2.93. The van der Waals surface area contributed by atoms with Crippen LogP contribution in [0, 0.1) is 6.92 Å². The van der Waals surface area contributed by atoms with Crippen molar-refractivity contribution in [2.45, 2.75) is 25.8 Å². The Labute approximate surface area is 109 Å². The van der Waals surface area contributed by atoms with Crippen LogP contribution in [-0.4, -0.2) is 6.54 Å². The summed E-state index contributed by atoms with van der Waals surface area (Å²) in [5.74, 6) is 0.599. The van der Waals surface area contributed by atoms with Crippen molar-refractivity contribution in [1.29, 1.82) is 0 Å². The molecule has 0 spiro atoms. The van der Waals surface area contributed by atoms with E-state index in [4.69, 9.17) is 0 Å². The van der Waals surface area contributed by atoms with Crippen molar-refractivity contribution >= 4 is 0 Å². The molecule has 18 heavy (non-hydrogen) atoms. The molecule has 0 amide bonds. The molecule has 1 heterocycles. The second kappa shape index (κ2) is 4.58. The van der Waals surface area contributed by atoms with E-state index in [1.165, 1.54) is 22.3 Å². The molecular formula is C17H19N. The molecule has 0 aliphatic carbocycles. The molecule has 0 saturated heterocycles. The summed E-state index contributed by atoms with van der Waals surface area (Å²) in [6, 6.07) is 17.8. The molecule has 0 bridgehead atoms. The standard InChI is InChI=1S/C17H19N/c1-12-7-3-4-9-15(12)17-16-10-6-5-8-14(16)13(2)11-18-17/h3-10,13,17-18H,11H2,1-2H3. The fraction of sp³-hybridized carbons (Fsp3) is 0.294. The van der Waals surface area contributed by atoms with Gasteiger partial charge in [0.1, 0.15) is 0 Å². The van der Waals surface area contributed by atoms with Gasteiger partial charge in [-0.3, -0.25) is 0 Å². The molecular weight excluding hydrogens is 218 g/mol. The van der Waals surface area contributed by atoms with Crippen LogP contribution in [0.3, 0.4) is 0 Å². The summed E-state index contributed by atoms with van der Waals surface area (Å²) in [5.41, 5.74) is 5.69. The number of nitrogens with one attached hydrogen (secondary N) is 1. The van der Waals surface area contributed by atoms with Crippen molar-refractivity contribution in [2.24, 2.45) is 0 Å². The summed E-state index contributed by atoms with van der Waals surface area (Å²) < 4.78 is 0. The highest BCUT2D eigenvalue weighted by Crippen LogP contribution is 2.34. The van der Waals surface area contributed by atoms with Gasteiger partial charge in [-0.15, -0.1) is 0 Å². The molecule has 3 rings (SSSR count). The Balaban J connectivity index is 2.11. The van der Waals surface area contributed by atoms with Gasteiger partial charge in [-0.1, -0.05) is 55.5 Å². The summed E-state index contributed by atoms with van der Waals surface area (Å²) in [5, 5.41) is 3.68. The lowest BCUT2D eigenvalue weighted by molar-refractivity contribution is 0.514. The first-order chi connectivity index (χ1) is 8.77. The van der Waals surface area contributed by atoms with E-state index in [2.05, 4.69) is 67.7 Å². The first-order valence-corrected chi connectivity index (χ1v) is 6.65. The van der Waals surface area contributed by atoms with Crippen molar-refractivity contribution in [3.8, 4) is 0 Å². The Morgan fingerprint density at radius 3 is 2.22 bits per heavy atom. The van der Waals surface area contributed by atoms with Crippen LogP contribution in [0.4, 0.5) is 0 Å². The lowest BCUT2D eigenvalue weighted by Crippen LogP contribution is -2.33. The Bertz CT molecular complexity index is 559. The Hall–Kier alpha value is -1.60. The van der Waals surface area contributed by atoms with Crippen molar-refractivity contribution in [2.75, 3.05) is 6.54 Å². The van der Waals surface area contributed by atoms with E-state index in [0.717, 1.165) is 6.54 Å². The third-order valence-electron chi connectivity index (χ3n) is 3.97. The SMILES string of the molecule is Cc1ccccc1C1NCC(C)c2ccccc21. The number of benzene rings is 2. The van der Waals surface area contributed by atoms with Crippen molar-refractivity contribution in [3.63, 3.8) is 0 Å². The summed E-state index contributed by atoms with van der Waals surface area (Å²) >= 11 is 0. The third-order valence-corrected chi connectivity index (χ3v) is 3.97. The number of hydrogen-bond acceptors (Lipinski definition) is 1. The van der Waals surface area contributed by atoms with Gasteiger partial charge in [-0.25, -0.2) is 0 Å². The van der Waals surface area contributed by atoms with Crippen LogP contribution >= 0.6 is 0 Å². The van der Waals surface area contributed by atoms with E-state index in [-0.39, 0.29) is 0 Å². The van der Waals surface area contributed by atoms with Gasteiger partial charge in [0.2, 0.25) is 0 Å². The van der Waals surface area contributed by atoms with Gasteiger partial charge >= 0.3 is 0 Å². The van der Waals surface area contributed by atoms with E-state index in [1.54, 1.807) is 0 Å². The quantitative estimate of drug-likeness (QED) is 0.795. The maximum absolute atomic E-state index is 3.68. The molecule has 0 radical (unpaired) electrons. The van der Waals surface area contributed by atoms with Crippen LogP contribution in [0.25, 0.3) is 0 Å². The zero-order valence-corrected chi connectivity index (χ0v) is 11.0. The molecule has 0 saturated carbocycles. The van der Waals surface area contributed by atoms with E-state index >= 15 is 0 Å². The Kier molecular flexibility index (Phi) is 2.92. The highest BCUT2D eigenvalue weighted by molar-refractivity contribution is 5.43. The molecule has 1 aliphatic heterocycles. The summed E-state index contributed by atoms with van der Waals surface area (Å²) in [4.78, 5) is 0. The van der Waals surface area contributed by atoms with Gasteiger partial charge in [0, 0.05) is 6.54 Å². The monoisotopic (exact) mass is 237 g/mol. The number of rotatable bonds is 1. The molecule has 0 fully saturated rings.